The first kappa shape index (κ1) is 25.9. The maximum absolute atomic E-state index is 15.2. The van der Waals surface area contributed by atoms with E-state index in [4.69, 9.17) is 0 Å². The highest BCUT2D eigenvalue weighted by Crippen LogP contribution is 2.31. The van der Waals surface area contributed by atoms with Gasteiger partial charge in [-0.15, -0.1) is 0 Å². The van der Waals surface area contributed by atoms with Crippen molar-refractivity contribution in [1.82, 2.24) is 24.8 Å². The summed E-state index contributed by atoms with van der Waals surface area (Å²) in [5, 5.41) is 2.65. The third kappa shape index (κ3) is 5.95. The third-order valence-electron chi connectivity index (χ3n) is 5.96. The van der Waals surface area contributed by atoms with Gasteiger partial charge < -0.3 is 15.1 Å². The van der Waals surface area contributed by atoms with Crippen molar-refractivity contribution >= 4 is 44.2 Å². The van der Waals surface area contributed by atoms with Crippen molar-refractivity contribution in [3.8, 4) is 0 Å². The molecule has 2 N–H and O–H groups in total. The molecule has 0 bridgehead atoms. The molecule has 4 rings (SSSR count). The second kappa shape index (κ2) is 10.8. The second-order valence-corrected chi connectivity index (χ2v) is 11.0. The van der Waals surface area contributed by atoms with Crippen molar-refractivity contribution in [3.63, 3.8) is 0 Å². The number of benzene rings is 1. The van der Waals surface area contributed by atoms with Gasteiger partial charge in [-0.2, -0.15) is 0 Å². The molecule has 1 aromatic carbocycles. The van der Waals surface area contributed by atoms with Gasteiger partial charge in [0.25, 0.3) is 0 Å². The molecule has 2 aromatic heterocycles. The lowest BCUT2D eigenvalue weighted by Crippen LogP contribution is -2.38. The first-order valence-electron chi connectivity index (χ1n) is 11.8. The Morgan fingerprint density at radius 3 is 2.58 bits per heavy atom. The summed E-state index contributed by atoms with van der Waals surface area (Å²) >= 11 is 0. The van der Waals surface area contributed by atoms with E-state index in [1.54, 1.807) is 13.1 Å². The Morgan fingerprint density at radius 1 is 1.14 bits per heavy atom. The molecule has 10 nitrogen and oxygen atoms in total. The van der Waals surface area contributed by atoms with Gasteiger partial charge in [0, 0.05) is 19.6 Å². The number of anilines is 4. The molecule has 0 atom stereocenters. The molecule has 0 spiro atoms. The van der Waals surface area contributed by atoms with Crippen LogP contribution in [0.4, 0.5) is 31.9 Å². The predicted molar refractivity (Wildman–Crippen MR) is 136 cm³/mol. The Kier molecular flexibility index (Phi) is 7.79. The number of hydrogen-bond donors (Lipinski definition) is 2. The monoisotopic (exact) mass is 520 g/mol. The van der Waals surface area contributed by atoms with Gasteiger partial charge in [-0.1, -0.05) is 6.92 Å². The summed E-state index contributed by atoms with van der Waals surface area (Å²) in [7, 11) is 0.361. The number of piperidine rings is 1. The molecule has 0 unspecified atom stereocenters. The van der Waals surface area contributed by atoms with Crippen LogP contribution in [0.15, 0.2) is 24.7 Å². The van der Waals surface area contributed by atoms with Gasteiger partial charge in [0.1, 0.15) is 28.9 Å². The molecular weight excluding hydrogens is 490 g/mol. The highest BCUT2D eigenvalue weighted by Gasteiger charge is 2.23. The van der Waals surface area contributed by atoms with Crippen LogP contribution in [-0.2, 0) is 10.0 Å². The molecule has 0 radical (unpaired) electrons. The molecule has 0 aliphatic carbocycles. The molecule has 13 heteroatoms. The first-order valence-corrected chi connectivity index (χ1v) is 13.4. The van der Waals surface area contributed by atoms with Crippen LogP contribution in [0.3, 0.4) is 0 Å². The number of fused-ring (bicyclic) bond motifs is 1. The Labute approximate surface area is 209 Å². The van der Waals surface area contributed by atoms with E-state index in [1.165, 1.54) is 6.33 Å². The highest BCUT2D eigenvalue weighted by atomic mass is 32.2. The number of hydrogen-bond acceptors (Lipinski definition) is 9. The van der Waals surface area contributed by atoms with Gasteiger partial charge in [-0.05, 0) is 51.4 Å². The molecule has 1 aliphatic heterocycles. The topological polar surface area (TPSA) is 116 Å². The van der Waals surface area contributed by atoms with E-state index in [0.29, 0.717) is 29.3 Å². The smallest absolute Gasteiger partial charge is 0.232 e. The van der Waals surface area contributed by atoms with Crippen molar-refractivity contribution in [2.45, 2.75) is 26.2 Å². The lowest BCUT2D eigenvalue weighted by molar-refractivity contribution is 0.284. The van der Waals surface area contributed by atoms with Gasteiger partial charge in [-0.3, -0.25) is 4.72 Å². The fraction of sp³-hybridized carbons (Fsp3) is 0.478. The molecule has 3 aromatic rings. The lowest BCUT2D eigenvalue weighted by Gasteiger charge is -2.33. The summed E-state index contributed by atoms with van der Waals surface area (Å²) in [6.45, 7) is 4.31. The predicted octanol–water partition coefficient (Wildman–Crippen LogP) is 3.37. The van der Waals surface area contributed by atoms with Gasteiger partial charge in [-0.25, -0.2) is 37.1 Å². The molecular formula is C23H30F2N8O2S. The van der Waals surface area contributed by atoms with Gasteiger partial charge >= 0.3 is 0 Å². The zero-order valence-electron chi connectivity index (χ0n) is 20.5. The molecule has 0 amide bonds. The van der Waals surface area contributed by atoms with E-state index in [-0.39, 0.29) is 17.3 Å². The number of rotatable bonds is 9. The number of nitrogens with zero attached hydrogens (tertiary/aromatic N) is 6. The van der Waals surface area contributed by atoms with E-state index in [2.05, 4.69) is 53.9 Å². The fourth-order valence-corrected chi connectivity index (χ4v) is 5.40. The molecule has 36 heavy (non-hydrogen) atoms. The number of nitrogens with one attached hydrogen (secondary N) is 2. The minimum atomic E-state index is -3.77. The van der Waals surface area contributed by atoms with Gasteiger partial charge in [0.2, 0.25) is 16.0 Å². The normalized spacial score (nSPS) is 15.0. The average molecular weight is 521 g/mol. The summed E-state index contributed by atoms with van der Waals surface area (Å²) in [5.74, 6) is -1.00. The van der Waals surface area contributed by atoms with Crippen molar-refractivity contribution < 1.29 is 17.2 Å². The van der Waals surface area contributed by atoms with E-state index >= 15 is 4.39 Å². The van der Waals surface area contributed by atoms with Gasteiger partial charge in [0.05, 0.1) is 17.6 Å². The van der Waals surface area contributed by atoms with Gasteiger partial charge in [0.15, 0.2) is 11.6 Å². The van der Waals surface area contributed by atoms with E-state index < -0.39 is 27.3 Å². The standard InChI is InChI=1S/C23H30F2N8O2S/c1-4-11-36(34,35)31-17-6-5-16(24)20(19(17)25)29-22-21-18(27-14-28-22)12-26-23(30-21)33-9-7-15(8-10-33)13-32(2)3/h5-6,12,14-15,31H,4,7-11,13H2,1-3H3,(H,27,28,29). The minimum absolute atomic E-state index is 0.0810. The summed E-state index contributed by atoms with van der Waals surface area (Å²) in [4.78, 5) is 21.6. The summed E-state index contributed by atoms with van der Waals surface area (Å²) in [6.07, 6.45) is 5.16. The molecule has 1 aliphatic rings. The van der Waals surface area contributed by atoms with Crippen molar-refractivity contribution in [1.29, 1.82) is 0 Å². The fourth-order valence-electron chi connectivity index (χ4n) is 4.27. The van der Waals surface area contributed by atoms with Crippen LogP contribution in [0.2, 0.25) is 0 Å². The quantitative estimate of drug-likeness (QED) is 0.438. The van der Waals surface area contributed by atoms with Crippen molar-refractivity contribution in [3.05, 3.63) is 36.3 Å². The van der Waals surface area contributed by atoms with Crippen LogP contribution in [0.25, 0.3) is 11.0 Å². The minimum Gasteiger partial charge on any atom is -0.341 e. The number of halogens is 2. The van der Waals surface area contributed by atoms with Crippen LogP contribution in [0.5, 0.6) is 0 Å². The third-order valence-corrected chi connectivity index (χ3v) is 7.43. The zero-order chi connectivity index (χ0) is 25.9. The Balaban J connectivity index is 1.61. The highest BCUT2D eigenvalue weighted by molar-refractivity contribution is 7.92. The van der Waals surface area contributed by atoms with Crippen molar-refractivity contribution in [2.24, 2.45) is 5.92 Å². The molecule has 3 heterocycles. The molecule has 194 valence electrons. The maximum atomic E-state index is 15.2. The Morgan fingerprint density at radius 2 is 1.89 bits per heavy atom. The van der Waals surface area contributed by atoms with Crippen LogP contribution in [0.1, 0.15) is 26.2 Å². The van der Waals surface area contributed by atoms with Crippen LogP contribution < -0.4 is 14.9 Å². The second-order valence-electron chi connectivity index (χ2n) is 9.15. The Hall–Kier alpha value is -3.19. The van der Waals surface area contributed by atoms with Crippen LogP contribution in [-0.4, -0.2) is 72.7 Å². The number of aromatic nitrogens is 4. The molecule has 1 fully saturated rings. The van der Waals surface area contributed by atoms with Crippen LogP contribution in [0, 0.1) is 17.6 Å². The SMILES string of the molecule is CCCS(=O)(=O)Nc1ccc(F)c(Nc2ncnc3cnc(N4CCC(CN(C)C)CC4)nc23)c1F. The largest absolute Gasteiger partial charge is 0.341 e. The lowest BCUT2D eigenvalue weighted by atomic mass is 9.97. The zero-order valence-corrected chi connectivity index (χ0v) is 21.3. The average Bonchev–Trinajstić information content (AvgIpc) is 2.83. The van der Waals surface area contributed by atoms with E-state index in [1.807, 2.05) is 0 Å². The Bertz CT molecular complexity index is 1330. The number of sulfonamides is 1. The van der Waals surface area contributed by atoms with Crippen molar-refractivity contribution in [2.75, 3.05) is 54.4 Å². The summed E-state index contributed by atoms with van der Waals surface area (Å²) in [5.41, 5.74) is -0.203. The summed E-state index contributed by atoms with van der Waals surface area (Å²) in [6, 6.07) is 2.03. The summed E-state index contributed by atoms with van der Waals surface area (Å²) < 4.78 is 56.2. The first-order chi connectivity index (χ1) is 17.2. The molecule has 0 saturated carbocycles. The maximum Gasteiger partial charge on any atom is 0.232 e. The van der Waals surface area contributed by atoms with E-state index in [0.717, 1.165) is 44.6 Å². The van der Waals surface area contributed by atoms with Crippen LogP contribution >= 0.6 is 0 Å². The molecule has 1 saturated heterocycles. The van der Waals surface area contributed by atoms with E-state index in [9.17, 15) is 12.8 Å².